The van der Waals surface area contributed by atoms with Crippen molar-refractivity contribution in [1.29, 1.82) is 0 Å². The van der Waals surface area contributed by atoms with Gasteiger partial charge < -0.3 is 9.64 Å². The monoisotopic (exact) mass is 349 g/mol. The van der Waals surface area contributed by atoms with Crippen molar-refractivity contribution in [1.82, 2.24) is 0 Å². The SMILES string of the molecule is COc1ccccc1N1CCN(c2ccc(S(N)(=O)=O)c[nH+]2)CC1. The van der Waals surface area contributed by atoms with E-state index in [1.807, 2.05) is 18.2 Å². The minimum atomic E-state index is -3.67. The number of anilines is 2. The largest absolute Gasteiger partial charge is 0.495 e. The second-order valence-corrected chi connectivity index (χ2v) is 7.16. The van der Waals surface area contributed by atoms with E-state index >= 15 is 0 Å². The fraction of sp³-hybridized carbons (Fsp3) is 0.312. The molecule has 1 fully saturated rings. The molecule has 0 saturated carbocycles. The van der Waals surface area contributed by atoms with Gasteiger partial charge in [-0.2, -0.15) is 0 Å². The summed E-state index contributed by atoms with van der Waals surface area (Å²) in [7, 11) is -2.00. The Hall–Kier alpha value is -2.32. The van der Waals surface area contributed by atoms with Gasteiger partial charge in [0.15, 0.2) is 0 Å². The summed E-state index contributed by atoms with van der Waals surface area (Å²) in [6, 6.07) is 11.2. The Labute approximate surface area is 141 Å². The zero-order chi connectivity index (χ0) is 17.2. The lowest BCUT2D eigenvalue weighted by Gasteiger charge is -2.33. The van der Waals surface area contributed by atoms with Gasteiger partial charge in [-0.3, -0.25) is 4.90 Å². The lowest BCUT2D eigenvalue weighted by atomic mass is 10.2. The molecule has 0 bridgehead atoms. The molecule has 2 heterocycles. The minimum absolute atomic E-state index is 0.0823. The molecule has 0 radical (unpaired) electrons. The van der Waals surface area contributed by atoms with Gasteiger partial charge in [0.05, 0.1) is 25.9 Å². The fourth-order valence-corrected chi connectivity index (χ4v) is 3.34. The maximum Gasteiger partial charge on any atom is 0.274 e. The van der Waals surface area contributed by atoms with Gasteiger partial charge in [0.25, 0.3) is 5.82 Å². The Kier molecular flexibility index (Phi) is 4.59. The number of hydrogen-bond acceptors (Lipinski definition) is 5. The summed E-state index contributed by atoms with van der Waals surface area (Å²) < 4.78 is 28.0. The number of sulfonamides is 1. The van der Waals surface area contributed by atoms with E-state index in [0.717, 1.165) is 43.4 Å². The maximum absolute atomic E-state index is 11.3. The first-order chi connectivity index (χ1) is 11.5. The minimum Gasteiger partial charge on any atom is -0.495 e. The van der Waals surface area contributed by atoms with E-state index in [-0.39, 0.29) is 4.90 Å². The molecular weight excluding hydrogens is 328 g/mol. The van der Waals surface area contributed by atoms with Crippen molar-refractivity contribution in [3.8, 4) is 5.75 Å². The van der Waals surface area contributed by atoms with Gasteiger partial charge in [0.2, 0.25) is 10.0 Å². The summed E-state index contributed by atoms with van der Waals surface area (Å²) in [6.45, 7) is 3.35. The van der Waals surface area contributed by atoms with Crippen molar-refractivity contribution in [2.45, 2.75) is 4.90 Å². The lowest BCUT2D eigenvalue weighted by Crippen LogP contribution is -2.48. The molecule has 0 aliphatic carbocycles. The highest BCUT2D eigenvalue weighted by Crippen LogP contribution is 2.28. The van der Waals surface area contributed by atoms with Crippen LogP contribution >= 0.6 is 0 Å². The number of methoxy groups -OCH3 is 1. The molecule has 1 aliphatic rings. The van der Waals surface area contributed by atoms with Gasteiger partial charge in [0.1, 0.15) is 29.9 Å². The molecule has 1 aliphatic heterocycles. The van der Waals surface area contributed by atoms with Crippen LogP contribution in [-0.2, 0) is 10.0 Å². The molecule has 3 N–H and O–H groups in total. The number of primary sulfonamides is 1. The number of nitrogens with one attached hydrogen (secondary N) is 1. The van der Waals surface area contributed by atoms with Crippen LogP contribution in [0.1, 0.15) is 0 Å². The van der Waals surface area contributed by atoms with Crippen LogP contribution in [0.5, 0.6) is 5.75 Å². The number of aromatic amines is 1. The molecule has 7 nitrogen and oxygen atoms in total. The number of nitrogens with zero attached hydrogens (tertiary/aromatic N) is 2. The van der Waals surface area contributed by atoms with Gasteiger partial charge in [-0.25, -0.2) is 18.5 Å². The molecule has 1 saturated heterocycles. The van der Waals surface area contributed by atoms with Crippen LogP contribution in [0.2, 0.25) is 0 Å². The summed E-state index contributed by atoms with van der Waals surface area (Å²) in [5.41, 5.74) is 1.09. The molecule has 3 rings (SSSR count). The summed E-state index contributed by atoms with van der Waals surface area (Å²) in [5, 5.41) is 5.12. The fourth-order valence-electron chi connectivity index (χ4n) is 2.86. The van der Waals surface area contributed by atoms with Gasteiger partial charge in [0, 0.05) is 6.07 Å². The predicted octanol–water partition coefficient (Wildman–Crippen LogP) is 0.483. The first-order valence-corrected chi connectivity index (χ1v) is 9.21. The van der Waals surface area contributed by atoms with Crippen LogP contribution in [0.3, 0.4) is 0 Å². The molecule has 8 heteroatoms. The number of para-hydroxylation sites is 2. The van der Waals surface area contributed by atoms with Crippen molar-refractivity contribution in [2.24, 2.45) is 5.14 Å². The number of aromatic nitrogens is 1. The van der Waals surface area contributed by atoms with Crippen molar-refractivity contribution >= 4 is 21.5 Å². The van der Waals surface area contributed by atoms with Crippen LogP contribution in [0.4, 0.5) is 11.5 Å². The smallest absolute Gasteiger partial charge is 0.274 e. The third-order valence-corrected chi connectivity index (χ3v) is 5.05. The highest BCUT2D eigenvalue weighted by Gasteiger charge is 2.25. The van der Waals surface area contributed by atoms with Crippen molar-refractivity contribution in [2.75, 3.05) is 43.1 Å². The zero-order valence-corrected chi connectivity index (χ0v) is 14.3. The first-order valence-electron chi connectivity index (χ1n) is 7.66. The topological polar surface area (TPSA) is 90.0 Å². The quantitative estimate of drug-likeness (QED) is 0.867. The normalized spacial score (nSPS) is 15.4. The van der Waals surface area contributed by atoms with E-state index in [0.29, 0.717) is 0 Å². The summed E-state index contributed by atoms with van der Waals surface area (Å²) in [4.78, 5) is 7.56. The average molecular weight is 349 g/mol. The Bertz CT molecular complexity index is 800. The van der Waals surface area contributed by atoms with E-state index in [1.54, 1.807) is 13.2 Å². The third-order valence-electron chi connectivity index (χ3n) is 4.14. The number of H-pyrrole nitrogens is 1. The molecule has 1 aromatic carbocycles. The van der Waals surface area contributed by atoms with E-state index in [2.05, 4.69) is 20.9 Å². The number of pyridine rings is 1. The second kappa shape index (κ2) is 6.66. The molecule has 128 valence electrons. The highest BCUT2D eigenvalue weighted by molar-refractivity contribution is 7.89. The summed E-state index contributed by atoms with van der Waals surface area (Å²) in [5.74, 6) is 1.75. The molecule has 0 amide bonds. The van der Waals surface area contributed by atoms with Crippen molar-refractivity contribution < 1.29 is 18.1 Å². The summed E-state index contributed by atoms with van der Waals surface area (Å²) in [6.07, 6.45) is 1.43. The lowest BCUT2D eigenvalue weighted by molar-refractivity contribution is -0.367. The second-order valence-electron chi connectivity index (χ2n) is 5.60. The molecule has 0 spiro atoms. The van der Waals surface area contributed by atoms with E-state index < -0.39 is 10.0 Å². The first kappa shape index (κ1) is 16.5. The van der Waals surface area contributed by atoms with E-state index in [1.165, 1.54) is 12.3 Å². The number of nitrogens with two attached hydrogens (primary N) is 1. The molecule has 0 unspecified atom stereocenters. The highest BCUT2D eigenvalue weighted by atomic mass is 32.2. The number of ether oxygens (including phenoxy) is 1. The van der Waals surface area contributed by atoms with Gasteiger partial charge in [-0.1, -0.05) is 12.1 Å². The van der Waals surface area contributed by atoms with E-state index in [9.17, 15) is 8.42 Å². The van der Waals surface area contributed by atoms with Crippen molar-refractivity contribution in [3.63, 3.8) is 0 Å². The predicted molar refractivity (Wildman–Crippen MR) is 91.8 cm³/mol. The molecule has 2 aromatic rings. The van der Waals surface area contributed by atoms with Crippen LogP contribution in [0, 0.1) is 0 Å². The molecule has 1 aromatic heterocycles. The van der Waals surface area contributed by atoms with Crippen LogP contribution in [0.15, 0.2) is 47.5 Å². The van der Waals surface area contributed by atoms with Gasteiger partial charge in [-0.15, -0.1) is 0 Å². The van der Waals surface area contributed by atoms with Crippen LogP contribution in [0.25, 0.3) is 0 Å². The zero-order valence-electron chi connectivity index (χ0n) is 13.5. The molecule has 0 atom stereocenters. The number of benzene rings is 1. The standard InChI is InChI=1S/C16H20N4O3S/c1-23-15-5-3-2-4-14(15)19-8-10-20(11-9-19)16-7-6-13(12-18-16)24(17,21)22/h2-7,12H,8-11H2,1H3,(H2,17,21,22)/p+1. The Morgan fingerprint density at radius 2 is 1.71 bits per heavy atom. The number of piperazine rings is 1. The third kappa shape index (κ3) is 3.44. The Morgan fingerprint density at radius 3 is 2.29 bits per heavy atom. The molecule has 24 heavy (non-hydrogen) atoms. The van der Waals surface area contributed by atoms with Gasteiger partial charge in [-0.05, 0) is 18.2 Å². The number of rotatable bonds is 4. The van der Waals surface area contributed by atoms with Crippen LogP contribution < -0.4 is 24.7 Å². The van der Waals surface area contributed by atoms with Gasteiger partial charge >= 0.3 is 0 Å². The average Bonchev–Trinajstić information content (AvgIpc) is 2.61. The number of hydrogen-bond donors (Lipinski definition) is 1. The van der Waals surface area contributed by atoms with Crippen LogP contribution in [-0.4, -0.2) is 41.7 Å². The summed E-state index contributed by atoms with van der Waals surface area (Å²) >= 11 is 0. The van der Waals surface area contributed by atoms with Crippen molar-refractivity contribution in [3.05, 3.63) is 42.6 Å². The maximum atomic E-state index is 11.3. The molecular formula is C16H21N4O3S+. The van der Waals surface area contributed by atoms with E-state index in [4.69, 9.17) is 9.88 Å². The Balaban J connectivity index is 1.69. The Morgan fingerprint density at radius 1 is 1.04 bits per heavy atom.